The van der Waals surface area contributed by atoms with Crippen molar-refractivity contribution in [1.29, 1.82) is 10.5 Å². The van der Waals surface area contributed by atoms with Crippen LogP contribution in [0.2, 0.25) is 0 Å². The molecule has 0 amide bonds. The summed E-state index contributed by atoms with van der Waals surface area (Å²) in [6.07, 6.45) is 0. The van der Waals surface area contributed by atoms with Crippen LogP contribution in [-0.4, -0.2) is 0 Å². The fourth-order valence-corrected chi connectivity index (χ4v) is 0.512. The Balaban J connectivity index is 3.08. The van der Waals surface area contributed by atoms with Crippen LogP contribution in [0.15, 0.2) is 12.1 Å². The molecule has 2 heteroatoms. The molecule has 0 aliphatic rings. The first kappa shape index (κ1) is 6.32. The molecule has 1 rings (SSSR count). The zero-order valence-corrected chi connectivity index (χ0v) is 5.05. The Kier molecular flexibility index (Phi) is 1.68. The van der Waals surface area contributed by atoms with Crippen molar-refractivity contribution in [2.75, 3.05) is 0 Å². The lowest BCUT2D eigenvalue weighted by Crippen LogP contribution is -1.76. The Morgan fingerprint density at radius 2 is 1.40 bits per heavy atom. The molecule has 0 unspecified atom stereocenters. The second-order valence-corrected chi connectivity index (χ2v) is 1.63. The van der Waals surface area contributed by atoms with Crippen molar-refractivity contribution in [3.05, 3.63) is 35.4 Å². The van der Waals surface area contributed by atoms with Crippen molar-refractivity contribution in [3.8, 4) is 12.1 Å². The van der Waals surface area contributed by atoms with Crippen LogP contribution < -0.4 is 0 Å². The lowest BCUT2D eigenvalue weighted by atomic mass is 10.2. The molecule has 10 heavy (non-hydrogen) atoms. The van der Waals surface area contributed by atoms with Gasteiger partial charge in [-0.05, 0) is 12.1 Å². The van der Waals surface area contributed by atoms with E-state index in [2.05, 4.69) is 12.1 Å². The largest absolute Gasteiger partial charge is 0.192 e. The molecule has 2 nitrogen and oxygen atoms in total. The second-order valence-electron chi connectivity index (χ2n) is 1.63. The van der Waals surface area contributed by atoms with E-state index in [0.29, 0.717) is 11.1 Å². The van der Waals surface area contributed by atoms with Crippen molar-refractivity contribution < 1.29 is 0 Å². The van der Waals surface area contributed by atoms with Crippen molar-refractivity contribution in [2.45, 2.75) is 0 Å². The van der Waals surface area contributed by atoms with Gasteiger partial charge in [0, 0.05) is 12.1 Å². The highest BCUT2D eigenvalue weighted by Crippen LogP contribution is 1.98. The number of nitrogens with zero attached hydrogens (tertiary/aromatic N) is 2. The number of hydrogen-bond donors (Lipinski definition) is 0. The van der Waals surface area contributed by atoms with Gasteiger partial charge in [-0.3, -0.25) is 0 Å². The molecule has 0 N–H and O–H groups in total. The molecule has 0 saturated carbocycles. The van der Waals surface area contributed by atoms with Crippen molar-refractivity contribution in [2.24, 2.45) is 0 Å². The van der Waals surface area contributed by atoms with Gasteiger partial charge in [0.15, 0.2) is 0 Å². The minimum Gasteiger partial charge on any atom is -0.192 e. The minimum atomic E-state index is 0.402. The van der Waals surface area contributed by atoms with Gasteiger partial charge in [0.2, 0.25) is 0 Å². The van der Waals surface area contributed by atoms with E-state index in [0.717, 1.165) is 0 Å². The average Bonchev–Trinajstić information content (AvgIpc) is 2.05. The summed E-state index contributed by atoms with van der Waals surface area (Å²) in [5.74, 6) is 0. The molecule has 0 aliphatic heterocycles. The zero-order valence-electron chi connectivity index (χ0n) is 5.05. The van der Waals surface area contributed by atoms with Gasteiger partial charge in [0.1, 0.15) is 0 Å². The highest BCUT2D eigenvalue weighted by molar-refractivity contribution is 5.34. The predicted octanol–water partition coefficient (Wildman–Crippen LogP) is 1.03. The molecule has 2 radical (unpaired) electrons. The first-order valence-corrected chi connectivity index (χ1v) is 2.60. The molecule has 0 heterocycles. The summed E-state index contributed by atoms with van der Waals surface area (Å²) < 4.78 is 0. The van der Waals surface area contributed by atoms with Crippen LogP contribution in [0.5, 0.6) is 0 Å². The van der Waals surface area contributed by atoms with Crippen LogP contribution >= 0.6 is 0 Å². The van der Waals surface area contributed by atoms with Crippen LogP contribution in [0.3, 0.4) is 0 Å². The lowest BCUT2D eigenvalue weighted by Gasteiger charge is -1.84. The summed E-state index contributed by atoms with van der Waals surface area (Å²) in [4.78, 5) is 0. The Bertz CT molecular complexity index is 265. The molecule has 0 spiro atoms. The van der Waals surface area contributed by atoms with E-state index in [4.69, 9.17) is 10.5 Å². The maximum absolute atomic E-state index is 8.32. The molecule has 44 valence electrons. The molecule has 0 saturated heterocycles. The molecule has 1 aromatic rings. The summed E-state index contributed by atoms with van der Waals surface area (Å²) >= 11 is 0. The van der Waals surface area contributed by atoms with E-state index < -0.39 is 0 Å². The van der Waals surface area contributed by atoms with E-state index in [1.165, 1.54) is 12.1 Å². The van der Waals surface area contributed by atoms with Crippen LogP contribution in [0.25, 0.3) is 0 Å². The maximum atomic E-state index is 8.32. The SMILES string of the molecule is N#Cc1[c]cc(C#N)[c]c1. The van der Waals surface area contributed by atoms with Gasteiger partial charge >= 0.3 is 0 Å². The van der Waals surface area contributed by atoms with Crippen molar-refractivity contribution in [3.63, 3.8) is 0 Å². The molecule has 0 fully saturated rings. The molecule has 0 atom stereocenters. The Morgan fingerprint density at radius 1 is 1.00 bits per heavy atom. The number of benzene rings is 1. The van der Waals surface area contributed by atoms with E-state index in [9.17, 15) is 0 Å². The molecular weight excluding hydrogens is 124 g/mol. The van der Waals surface area contributed by atoms with Gasteiger partial charge in [-0.1, -0.05) is 0 Å². The smallest absolute Gasteiger partial charge is 0.0998 e. The monoisotopic (exact) mass is 126 g/mol. The third-order valence-corrected chi connectivity index (χ3v) is 0.985. The molecular formula is C8H2N2. The highest BCUT2D eigenvalue weighted by Gasteiger charge is 1.90. The number of hydrogen-bond acceptors (Lipinski definition) is 2. The van der Waals surface area contributed by atoms with E-state index in [1.807, 2.05) is 12.1 Å². The predicted molar refractivity (Wildman–Crippen MR) is 33.5 cm³/mol. The summed E-state index contributed by atoms with van der Waals surface area (Å²) in [5.41, 5.74) is 0.804. The molecule has 0 aromatic heterocycles. The molecule has 0 aliphatic carbocycles. The minimum absolute atomic E-state index is 0.402. The standard InChI is InChI=1S/C8H2N2/c9-5-7-1-2-8(6-10)4-3-7/h1,4H. The van der Waals surface area contributed by atoms with E-state index in [1.54, 1.807) is 0 Å². The number of nitriles is 2. The second kappa shape index (κ2) is 2.66. The van der Waals surface area contributed by atoms with Gasteiger partial charge < -0.3 is 0 Å². The summed E-state index contributed by atoms with van der Waals surface area (Å²) in [7, 11) is 0. The quantitative estimate of drug-likeness (QED) is 0.521. The van der Waals surface area contributed by atoms with Crippen LogP contribution in [-0.2, 0) is 0 Å². The third-order valence-electron chi connectivity index (χ3n) is 0.985. The fraction of sp³-hybridized carbons (Fsp3) is 0. The van der Waals surface area contributed by atoms with E-state index in [-0.39, 0.29) is 0 Å². The average molecular weight is 126 g/mol. The molecule has 0 bridgehead atoms. The number of rotatable bonds is 0. The normalized spacial score (nSPS) is 7.80. The highest BCUT2D eigenvalue weighted by atomic mass is 14.2. The Hall–Kier alpha value is -1.80. The first-order chi connectivity index (χ1) is 4.86. The van der Waals surface area contributed by atoms with Gasteiger partial charge in [-0.15, -0.1) is 0 Å². The van der Waals surface area contributed by atoms with Crippen LogP contribution in [0.4, 0.5) is 0 Å². The van der Waals surface area contributed by atoms with Gasteiger partial charge in [-0.25, -0.2) is 0 Å². The topological polar surface area (TPSA) is 47.6 Å². The Morgan fingerprint density at radius 3 is 1.60 bits per heavy atom. The summed E-state index contributed by atoms with van der Waals surface area (Å²) in [5, 5.41) is 16.6. The fourth-order valence-electron chi connectivity index (χ4n) is 0.512. The van der Waals surface area contributed by atoms with E-state index >= 15 is 0 Å². The van der Waals surface area contributed by atoms with Crippen molar-refractivity contribution >= 4 is 0 Å². The summed E-state index contributed by atoms with van der Waals surface area (Å²) in [6.45, 7) is 0. The van der Waals surface area contributed by atoms with Crippen LogP contribution in [0.1, 0.15) is 11.1 Å². The van der Waals surface area contributed by atoms with Crippen LogP contribution in [0, 0.1) is 34.8 Å². The van der Waals surface area contributed by atoms with Gasteiger partial charge in [-0.2, -0.15) is 10.5 Å². The first-order valence-electron chi connectivity index (χ1n) is 2.60. The zero-order chi connectivity index (χ0) is 7.40. The maximum Gasteiger partial charge on any atom is 0.0998 e. The van der Waals surface area contributed by atoms with Crippen molar-refractivity contribution in [1.82, 2.24) is 0 Å². The van der Waals surface area contributed by atoms with Gasteiger partial charge in [0.05, 0.1) is 23.3 Å². The lowest BCUT2D eigenvalue weighted by molar-refractivity contribution is 1.44. The summed E-state index contributed by atoms with van der Waals surface area (Å²) in [6, 6.07) is 11.9. The van der Waals surface area contributed by atoms with Gasteiger partial charge in [0.25, 0.3) is 0 Å². The molecule has 1 aromatic carbocycles. The Labute approximate surface area is 58.9 Å². The third kappa shape index (κ3) is 1.13.